The molecule has 1 fully saturated rings. The van der Waals surface area contributed by atoms with Gasteiger partial charge in [0, 0.05) is 40.6 Å². The summed E-state index contributed by atoms with van der Waals surface area (Å²) >= 11 is 0. The second kappa shape index (κ2) is 8.23. The molecule has 0 aromatic heterocycles. The van der Waals surface area contributed by atoms with Gasteiger partial charge in [-0.25, -0.2) is 0 Å². The minimum Gasteiger partial charge on any atom is -0.459 e. The SMILES string of the molecule is CCOP1CCN(Cc2ccccc2)CC1C(=O)OC(C)(C)C. The molecule has 1 aromatic rings. The van der Waals surface area contributed by atoms with Crippen molar-refractivity contribution in [1.29, 1.82) is 0 Å². The zero-order valence-electron chi connectivity index (χ0n) is 14.6. The molecule has 0 aliphatic carbocycles. The van der Waals surface area contributed by atoms with E-state index in [1.54, 1.807) is 0 Å². The number of esters is 1. The van der Waals surface area contributed by atoms with Crippen LogP contribution in [-0.4, -0.2) is 48.0 Å². The number of carbonyl (C=O) groups is 1. The molecule has 2 unspecified atom stereocenters. The van der Waals surface area contributed by atoms with Gasteiger partial charge in [-0.1, -0.05) is 30.3 Å². The Balaban J connectivity index is 2.03. The Kier molecular flexibility index (Phi) is 6.58. The molecule has 0 radical (unpaired) electrons. The Labute approximate surface area is 141 Å². The van der Waals surface area contributed by atoms with E-state index in [-0.39, 0.29) is 11.6 Å². The standard InChI is InChI=1S/C18H28NO3P/c1-5-21-23-12-11-19(13-15-9-7-6-8-10-15)14-16(23)17(20)22-18(2,3)4/h6-10,16H,5,11-14H2,1-4H3. The van der Waals surface area contributed by atoms with Crippen molar-refractivity contribution >= 4 is 14.1 Å². The summed E-state index contributed by atoms with van der Waals surface area (Å²) in [5, 5.41) is 0. The highest BCUT2D eigenvalue weighted by Gasteiger charge is 2.37. The third-order valence-electron chi connectivity index (χ3n) is 3.64. The number of ether oxygens (including phenoxy) is 1. The molecule has 128 valence electrons. The Morgan fingerprint density at radius 2 is 2.00 bits per heavy atom. The first kappa shape index (κ1) is 18.4. The van der Waals surface area contributed by atoms with Crippen molar-refractivity contribution in [2.45, 2.75) is 45.5 Å². The second-order valence-corrected chi connectivity index (χ2v) is 8.99. The third kappa shape index (κ3) is 5.87. The summed E-state index contributed by atoms with van der Waals surface area (Å²) < 4.78 is 11.5. The molecule has 2 rings (SSSR count). The average Bonchev–Trinajstić information content (AvgIpc) is 2.48. The fourth-order valence-electron chi connectivity index (χ4n) is 2.69. The van der Waals surface area contributed by atoms with Crippen molar-refractivity contribution in [3.8, 4) is 0 Å². The number of hydrogen-bond acceptors (Lipinski definition) is 4. The lowest BCUT2D eigenvalue weighted by Crippen LogP contribution is -2.44. The first-order valence-corrected chi connectivity index (χ1v) is 9.79. The van der Waals surface area contributed by atoms with E-state index in [0.717, 1.165) is 25.8 Å². The molecule has 0 saturated carbocycles. The molecular formula is C18H28NO3P. The maximum Gasteiger partial charge on any atom is 0.317 e. The molecule has 4 nitrogen and oxygen atoms in total. The van der Waals surface area contributed by atoms with Crippen LogP contribution < -0.4 is 0 Å². The maximum atomic E-state index is 12.6. The predicted octanol–water partition coefficient (Wildman–Crippen LogP) is 3.65. The molecule has 1 saturated heterocycles. The van der Waals surface area contributed by atoms with E-state index in [9.17, 15) is 4.79 Å². The second-order valence-electron chi connectivity index (χ2n) is 6.83. The van der Waals surface area contributed by atoms with Gasteiger partial charge in [-0.15, -0.1) is 0 Å². The van der Waals surface area contributed by atoms with Crippen LogP contribution in [0.5, 0.6) is 0 Å². The predicted molar refractivity (Wildman–Crippen MR) is 94.8 cm³/mol. The van der Waals surface area contributed by atoms with Crippen LogP contribution in [0.15, 0.2) is 30.3 Å². The van der Waals surface area contributed by atoms with Crippen molar-refractivity contribution in [3.63, 3.8) is 0 Å². The largest absolute Gasteiger partial charge is 0.459 e. The normalized spacial score (nSPS) is 22.8. The van der Waals surface area contributed by atoms with Crippen LogP contribution in [0.4, 0.5) is 0 Å². The number of benzene rings is 1. The maximum absolute atomic E-state index is 12.6. The van der Waals surface area contributed by atoms with E-state index >= 15 is 0 Å². The summed E-state index contributed by atoms with van der Waals surface area (Å²) in [6.45, 7) is 11.0. The molecule has 0 amide bonds. The minimum atomic E-state index is -0.745. The van der Waals surface area contributed by atoms with E-state index in [4.69, 9.17) is 9.26 Å². The van der Waals surface area contributed by atoms with Gasteiger partial charge in [-0.3, -0.25) is 9.69 Å². The molecule has 1 aliphatic rings. The first-order valence-electron chi connectivity index (χ1n) is 8.27. The quantitative estimate of drug-likeness (QED) is 0.607. The van der Waals surface area contributed by atoms with Crippen molar-refractivity contribution in [3.05, 3.63) is 35.9 Å². The summed E-state index contributed by atoms with van der Waals surface area (Å²) in [6.07, 6.45) is 0.930. The van der Waals surface area contributed by atoms with Gasteiger partial charge in [0.15, 0.2) is 0 Å². The van der Waals surface area contributed by atoms with Gasteiger partial charge >= 0.3 is 5.97 Å². The van der Waals surface area contributed by atoms with E-state index < -0.39 is 13.7 Å². The van der Waals surface area contributed by atoms with Crippen LogP contribution in [0.25, 0.3) is 0 Å². The zero-order valence-corrected chi connectivity index (χ0v) is 15.5. The van der Waals surface area contributed by atoms with Crippen LogP contribution in [0.1, 0.15) is 33.3 Å². The van der Waals surface area contributed by atoms with Crippen molar-refractivity contribution in [1.82, 2.24) is 4.90 Å². The van der Waals surface area contributed by atoms with Crippen molar-refractivity contribution < 1.29 is 14.1 Å². The van der Waals surface area contributed by atoms with E-state index in [1.165, 1.54) is 5.56 Å². The topological polar surface area (TPSA) is 38.8 Å². The number of hydrogen-bond donors (Lipinski definition) is 0. The lowest BCUT2D eigenvalue weighted by Gasteiger charge is -2.37. The number of rotatable bonds is 5. The molecule has 1 aliphatic heterocycles. The molecule has 23 heavy (non-hydrogen) atoms. The number of nitrogens with zero attached hydrogens (tertiary/aromatic N) is 1. The summed E-state index contributed by atoms with van der Waals surface area (Å²) in [5.74, 6) is -0.116. The third-order valence-corrected chi connectivity index (χ3v) is 5.94. The van der Waals surface area contributed by atoms with Crippen LogP contribution in [0.3, 0.4) is 0 Å². The van der Waals surface area contributed by atoms with E-state index in [1.807, 2.05) is 33.8 Å². The molecule has 1 heterocycles. The fraction of sp³-hybridized carbons (Fsp3) is 0.611. The highest BCUT2D eigenvalue weighted by atomic mass is 31.1. The Morgan fingerprint density at radius 3 is 2.61 bits per heavy atom. The van der Waals surface area contributed by atoms with Crippen LogP contribution in [-0.2, 0) is 20.6 Å². The molecule has 2 atom stereocenters. The summed E-state index contributed by atoms with van der Waals surface area (Å²) in [6, 6.07) is 10.4. The average molecular weight is 337 g/mol. The Hall–Kier alpha value is -0.960. The molecule has 0 spiro atoms. The molecule has 5 heteroatoms. The van der Waals surface area contributed by atoms with Crippen LogP contribution >= 0.6 is 8.15 Å². The lowest BCUT2D eigenvalue weighted by molar-refractivity contribution is -0.155. The van der Waals surface area contributed by atoms with Gasteiger partial charge in [-0.2, -0.15) is 0 Å². The molecule has 0 bridgehead atoms. The monoisotopic (exact) mass is 337 g/mol. The summed E-state index contributed by atoms with van der Waals surface area (Å²) in [7, 11) is -0.745. The first-order chi connectivity index (χ1) is 10.9. The van der Waals surface area contributed by atoms with Gasteiger partial charge in [0.1, 0.15) is 11.3 Å². The van der Waals surface area contributed by atoms with Gasteiger partial charge in [0.25, 0.3) is 0 Å². The number of carbonyl (C=O) groups excluding carboxylic acids is 1. The van der Waals surface area contributed by atoms with Crippen molar-refractivity contribution in [2.75, 3.05) is 25.9 Å². The molecular weight excluding hydrogens is 309 g/mol. The van der Waals surface area contributed by atoms with Gasteiger partial charge < -0.3 is 9.26 Å². The van der Waals surface area contributed by atoms with Crippen molar-refractivity contribution in [2.24, 2.45) is 0 Å². The van der Waals surface area contributed by atoms with Gasteiger partial charge in [-0.05, 0) is 33.3 Å². The minimum absolute atomic E-state index is 0.116. The van der Waals surface area contributed by atoms with Crippen LogP contribution in [0.2, 0.25) is 0 Å². The smallest absolute Gasteiger partial charge is 0.317 e. The highest BCUT2D eigenvalue weighted by molar-refractivity contribution is 7.54. The Bertz CT molecular complexity index is 501. The molecule has 0 N–H and O–H groups in total. The van der Waals surface area contributed by atoms with Gasteiger partial charge in [0.2, 0.25) is 0 Å². The van der Waals surface area contributed by atoms with E-state index in [0.29, 0.717) is 6.61 Å². The highest BCUT2D eigenvalue weighted by Crippen LogP contribution is 2.46. The zero-order chi connectivity index (χ0) is 16.9. The summed E-state index contributed by atoms with van der Waals surface area (Å²) in [5.41, 5.74) is 0.672. The molecule has 1 aromatic carbocycles. The van der Waals surface area contributed by atoms with Gasteiger partial charge in [0.05, 0.1) is 0 Å². The lowest BCUT2D eigenvalue weighted by atomic mass is 10.2. The summed E-state index contributed by atoms with van der Waals surface area (Å²) in [4.78, 5) is 14.9. The fourth-order valence-corrected chi connectivity index (χ4v) is 4.82. The van der Waals surface area contributed by atoms with E-state index in [2.05, 4.69) is 29.2 Å². The Morgan fingerprint density at radius 1 is 1.30 bits per heavy atom. The van der Waals surface area contributed by atoms with Crippen LogP contribution in [0, 0.1) is 0 Å².